The number of phosphoric ester groups is 1. The number of ether oxygens (including phenoxy) is 1. The van der Waals surface area contributed by atoms with Crippen molar-refractivity contribution in [1.29, 1.82) is 0 Å². The average molecular weight is 842 g/mol. The van der Waals surface area contributed by atoms with Gasteiger partial charge in [0.25, 0.3) is 0 Å². The van der Waals surface area contributed by atoms with Crippen molar-refractivity contribution >= 4 is 19.7 Å². The number of carbonyl (C=O) groups is 2. The number of amides is 1. The molecular weight excluding hydrogens is 750 g/mol. The largest absolute Gasteiger partial charge is 0.472 e. The van der Waals surface area contributed by atoms with Crippen LogP contribution < -0.4 is 5.32 Å². The van der Waals surface area contributed by atoms with Gasteiger partial charge in [-0.05, 0) is 44.9 Å². The van der Waals surface area contributed by atoms with E-state index in [0.29, 0.717) is 6.42 Å². The maximum atomic E-state index is 12.1. The molecule has 3 N–H and O–H groups in total. The van der Waals surface area contributed by atoms with Gasteiger partial charge in [-0.2, -0.15) is 0 Å². The molecular formula is C48H92NO8P. The highest BCUT2D eigenvalue weighted by atomic mass is 31.2. The van der Waals surface area contributed by atoms with E-state index in [4.69, 9.17) is 13.8 Å². The van der Waals surface area contributed by atoms with Crippen molar-refractivity contribution in [1.82, 2.24) is 5.32 Å². The van der Waals surface area contributed by atoms with Crippen LogP contribution in [0.2, 0.25) is 0 Å². The number of esters is 1. The van der Waals surface area contributed by atoms with Gasteiger partial charge in [-0.3, -0.25) is 18.6 Å². The van der Waals surface area contributed by atoms with Crippen LogP contribution in [0.15, 0.2) is 24.3 Å². The Labute approximate surface area is 357 Å². The predicted molar refractivity (Wildman–Crippen MR) is 243 cm³/mol. The Bertz CT molecular complexity index is 1010. The SMILES string of the molecule is CCCCCC/C=C\C/C=C\CCCCCCCCCC(=O)NCCOP(=O)(O)OCC(O)COC(=O)CCCCCCCCCCCCCCCCCCCCC. The third-order valence-electron chi connectivity index (χ3n) is 10.6. The minimum atomic E-state index is -4.42. The van der Waals surface area contributed by atoms with Gasteiger partial charge in [-0.1, -0.05) is 205 Å². The molecule has 10 heteroatoms. The summed E-state index contributed by atoms with van der Waals surface area (Å²) < 4.78 is 27.0. The summed E-state index contributed by atoms with van der Waals surface area (Å²) in [5, 5.41) is 12.7. The summed E-state index contributed by atoms with van der Waals surface area (Å²) in [5.74, 6) is -0.515. The first kappa shape index (κ1) is 56.5. The van der Waals surface area contributed by atoms with E-state index in [9.17, 15) is 24.2 Å². The highest BCUT2D eigenvalue weighted by Crippen LogP contribution is 2.42. The maximum absolute atomic E-state index is 12.1. The summed E-state index contributed by atoms with van der Waals surface area (Å²) >= 11 is 0. The van der Waals surface area contributed by atoms with E-state index in [-0.39, 0.29) is 32.1 Å². The zero-order valence-electron chi connectivity index (χ0n) is 37.8. The van der Waals surface area contributed by atoms with Crippen molar-refractivity contribution in [2.45, 2.75) is 245 Å². The summed E-state index contributed by atoms with van der Waals surface area (Å²) in [5.41, 5.74) is 0. The minimum absolute atomic E-state index is 0.0795. The van der Waals surface area contributed by atoms with Crippen molar-refractivity contribution in [3.8, 4) is 0 Å². The summed E-state index contributed by atoms with van der Waals surface area (Å²) in [7, 11) is -4.42. The highest BCUT2D eigenvalue weighted by Gasteiger charge is 2.23. The van der Waals surface area contributed by atoms with Gasteiger partial charge in [0.15, 0.2) is 0 Å². The Hall–Kier alpha value is -1.51. The molecule has 2 unspecified atom stereocenters. The predicted octanol–water partition coefficient (Wildman–Crippen LogP) is 13.9. The first-order valence-electron chi connectivity index (χ1n) is 24.3. The van der Waals surface area contributed by atoms with Crippen molar-refractivity contribution < 1.29 is 37.9 Å². The number of allylic oxidation sites excluding steroid dienone is 4. The Morgan fingerprint density at radius 3 is 1.40 bits per heavy atom. The molecule has 0 fully saturated rings. The molecule has 9 nitrogen and oxygen atoms in total. The Morgan fingerprint density at radius 1 is 0.534 bits per heavy atom. The van der Waals surface area contributed by atoms with E-state index >= 15 is 0 Å². The number of aliphatic hydroxyl groups is 1. The van der Waals surface area contributed by atoms with Gasteiger partial charge in [-0.15, -0.1) is 0 Å². The zero-order chi connectivity index (χ0) is 42.5. The Kier molecular flexibility index (Phi) is 43.9. The fourth-order valence-electron chi connectivity index (χ4n) is 6.94. The van der Waals surface area contributed by atoms with Gasteiger partial charge in [0, 0.05) is 19.4 Å². The fourth-order valence-corrected chi connectivity index (χ4v) is 7.70. The first-order chi connectivity index (χ1) is 28.3. The summed E-state index contributed by atoms with van der Waals surface area (Å²) in [6.45, 7) is 3.57. The molecule has 58 heavy (non-hydrogen) atoms. The second-order valence-electron chi connectivity index (χ2n) is 16.4. The molecule has 0 saturated heterocycles. The van der Waals surface area contributed by atoms with Crippen molar-refractivity contribution in [3.63, 3.8) is 0 Å². The zero-order valence-corrected chi connectivity index (χ0v) is 38.6. The van der Waals surface area contributed by atoms with Crippen LogP contribution in [0.25, 0.3) is 0 Å². The second-order valence-corrected chi connectivity index (χ2v) is 17.9. The summed E-state index contributed by atoms with van der Waals surface area (Å²) in [6, 6.07) is 0. The van der Waals surface area contributed by atoms with Crippen LogP contribution in [0.4, 0.5) is 0 Å². The van der Waals surface area contributed by atoms with Crippen molar-refractivity contribution in [3.05, 3.63) is 24.3 Å². The number of carbonyl (C=O) groups excluding carboxylic acids is 2. The van der Waals surface area contributed by atoms with Gasteiger partial charge in [0.2, 0.25) is 5.91 Å². The molecule has 0 heterocycles. The molecule has 0 saturated carbocycles. The average Bonchev–Trinajstić information content (AvgIpc) is 3.21. The van der Waals surface area contributed by atoms with Gasteiger partial charge in [0.05, 0.1) is 13.2 Å². The molecule has 0 aliphatic rings. The third kappa shape index (κ3) is 45.6. The lowest BCUT2D eigenvalue weighted by Crippen LogP contribution is -2.27. The monoisotopic (exact) mass is 842 g/mol. The Balaban J connectivity index is 3.55. The molecule has 0 aromatic rings. The number of unbranched alkanes of at least 4 members (excludes halogenated alkanes) is 29. The van der Waals surface area contributed by atoms with Crippen molar-refractivity contribution in [2.24, 2.45) is 0 Å². The normalized spacial score (nSPS) is 13.4. The van der Waals surface area contributed by atoms with Crippen LogP contribution in [-0.2, 0) is 27.9 Å². The highest BCUT2D eigenvalue weighted by molar-refractivity contribution is 7.47. The van der Waals surface area contributed by atoms with Crippen LogP contribution >= 0.6 is 7.82 Å². The molecule has 342 valence electrons. The van der Waals surface area contributed by atoms with Gasteiger partial charge < -0.3 is 20.1 Å². The standard InChI is InChI=1S/C48H92NO8P/c1-3-5-7-9-11-13-15-17-19-21-23-25-27-29-31-33-35-37-39-41-48(52)55-44-46(50)45-57-58(53,54)56-43-42-49-47(51)40-38-36-34-32-30-28-26-24-22-20-18-16-14-12-10-8-6-4-2/h14,16,20,22,46,50H,3-13,15,17-19,21,23-45H2,1-2H3,(H,49,51)(H,53,54)/b16-14-,22-20-. The van der Waals surface area contributed by atoms with E-state index in [1.165, 1.54) is 161 Å². The molecule has 0 aliphatic heterocycles. The van der Waals surface area contributed by atoms with Gasteiger partial charge >= 0.3 is 13.8 Å². The van der Waals surface area contributed by atoms with Crippen molar-refractivity contribution in [2.75, 3.05) is 26.4 Å². The third-order valence-corrected chi connectivity index (χ3v) is 11.6. The molecule has 0 bridgehead atoms. The maximum Gasteiger partial charge on any atom is 0.472 e. The van der Waals surface area contributed by atoms with Gasteiger partial charge in [0.1, 0.15) is 12.7 Å². The number of rotatable bonds is 46. The lowest BCUT2D eigenvalue weighted by Gasteiger charge is -2.15. The van der Waals surface area contributed by atoms with E-state index in [2.05, 4.69) is 43.5 Å². The smallest absolute Gasteiger partial charge is 0.463 e. The lowest BCUT2D eigenvalue weighted by atomic mass is 10.0. The van der Waals surface area contributed by atoms with E-state index in [1.54, 1.807) is 0 Å². The fraction of sp³-hybridized carbons (Fsp3) is 0.875. The lowest BCUT2D eigenvalue weighted by molar-refractivity contribution is -0.147. The first-order valence-corrected chi connectivity index (χ1v) is 25.8. The number of nitrogens with one attached hydrogen (secondary N) is 1. The molecule has 1 amide bonds. The topological polar surface area (TPSA) is 131 Å². The quantitative estimate of drug-likeness (QED) is 0.0239. The van der Waals surface area contributed by atoms with E-state index in [0.717, 1.165) is 51.4 Å². The summed E-state index contributed by atoms with van der Waals surface area (Å²) in [4.78, 5) is 34.0. The Morgan fingerprint density at radius 2 is 0.931 bits per heavy atom. The van der Waals surface area contributed by atoms with Crippen LogP contribution in [0.5, 0.6) is 0 Å². The van der Waals surface area contributed by atoms with E-state index < -0.39 is 26.5 Å². The molecule has 0 rings (SSSR count). The summed E-state index contributed by atoms with van der Waals surface area (Å²) in [6.07, 6.45) is 49.7. The number of phosphoric acid groups is 1. The molecule has 0 aliphatic carbocycles. The minimum Gasteiger partial charge on any atom is -0.463 e. The molecule has 2 atom stereocenters. The van der Waals surface area contributed by atoms with Crippen LogP contribution in [0.3, 0.4) is 0 Å². The molecule has 0 aromatic carbocycles. The van der Waals surface area contributed by atoms with Gasteiger partial charge in [-0.25, -0.2) is 4.57 Å². The van der Waals surface area contributed by atoms with E-state index in [1.807, 2.05) is 0 Å². The van der Waals surface area contributed by atoms with Crippen LogP contribution in [0.1, 0.15) is 239 Å². The number of hydrogen-bond acceptors (Lipinski definition) is 7. The molecule has 0 aromatic heterocycles. The molecule has 0 radical (unpaired) electrons. The number of aliphatic hydroxyl groups excluding tert-OH is 1. The van der Waals surface area contributed by atoms with Crippen LogP contribution in [0, 0.1) is 0 Å². The number of hydrogen-bond donors (Lipinski definition) is 3. The van der Waals surface area contributed by atoms with Crippen LogP contribution in [-0.4, -0.2) is 54.3 Å². The molecule has 0 spiro atoms. The second kappa shape index (κ2) is 45.0.